The summed E-state index contributed by atoms with van der Waals surface area (Å²) in [5.41, 5.74) is 2.79. The number of nitrogen functional groups attached to an aromatic ring is 1. The Kier molecular flexibility index (Phi) is 4.10. The van der Waals surface area contributed by atoms with Gasteiger partial charge in [0, 0.05) is 0 Å². The number of nitrogens with two attached hydrogens (primary N) is 1. The zero-order chi connectivity index (χ0) is 17.4. The van der Waals surface area contributed by atoms with Gasteiger partial charge in [0.15, 0.2) is 0 Å². The monoisotopic (exact) mass is 336 g/mol. The van der Waals surface area contributed by atoms with Gasteiger partial charge in [0.25, 0.3) is 0 Å². The first-order valence-electron chi connectivity index (χ1n) is 6.12. The van der Waals surface area contributed by atoms with Crippen LogP contribution in [-0.2, 0) is 12.4 Å². The van der Waals surface area contributed by atoms with Gasteiger partial charge in [-0.2, -0.15) is 31.4 Å². The number of alkyl halides is 6. The lowest BCUT2D eigenvalue weighted by molar-refractivity contribution is -0.143. The van der Waals surface area contributed by atoms with E-state index in [1.54, 1.807) is 6.92 Å². The number of halogens is 6. The summed E-state index contributed by atoms with van der Waals surface area (Å²) in [6, 6.07) is 1.19. The number of benzene rings is 1. The third-order valence-electron chi connectivity index (χ3n) is 2.78. The second kappa shape index (κ2) is 5.60. The first-order chi connectivity index (χ1) is 10.5. The molecule has 2 rings (SSSR count). The van der Waals surface area contributed by atoms with Crippen molar-refractivity contribution in [2.24, 2.45) is 5.10 Å². The fourth-order valence-electron chi connectivity index (χ4n) is 1.78. The van der Waals surface area contributed by atoms with Crippen LogP contribution in [0.2, 0.25) is 0 Å². The predicted octanol–water partition coefficient (Wildman–Crippen LogP) is 3.69. The van der Waals surface area contributed by atoms with Gasteiger partial charge in [-0.15, -0.1) is 0 Å². The Hall–Kier alpha value is -2.52. The van der Waals surface area contributed by atoms with Crippen LogP contribution in [0.5, 0.6) is 0 Å². The van der Waals surface area contributed by atoms with Gasteiger partial charge in [0.05, 0.1) is 29.2 Å². The first-order valence-corrected chi connectivity index (χ1v) is 6.12. The van der Waals surface area contributed by atoms with Gasteiger partial charge < -0.3 is 5.73 Å². The third kappa shape index (κ3) is 4.02. The molecule has 0 saturated carbocycles. The molecule has 2 aromatic rings. The van der Waals surface area contributed by atoms with E-state index in [0.717, 1.165) is 10.9 Å². The van der Waals surface area contributed by atoms with Gasteiger partial charge in [-0.1, -0.05) is 0 Å². The van der Waals surface area contributed by atoms with E-state index in [0.29, 0.717) is 17.8 Å². The van der Waals surface area contributed by atoms with Crippen LogP contribution in [0.15, 0.2) is 29.5 Å². The van der Waals surface area contributed by atoms with Gasteiger partial charge in [0.1, 0.15) is 0 Å². The van der Waals surface area contributed by atoms with E-state index in [4.69, 9.17) is 5.73 Å². The summed E-state index contributed by atoms with van der Waals surface area (Å²) in [4.78, 5) is 3.80. The Bertz CT molecular complexity index is 710. The van der Waals surface area contributed by atoms with E-state index in [1.165, 1.54) is 6.20 Å². The fraction of sp³-hybridized carbons (Fsp3) is 0.231. The molecule has 0 atom stereocenters. The lowest BCUT2D eigenvalue weighted by Gasteiger charge is -2.12. The molecule has 0 amide bonds. The van der Waals surface area contributed by atoms with Gasteiger partial charge in [0.2, 0.25) is 5.95 Å². The number of anilines is 1. The fourth-order valence-corrected chi connectivity index (χ4v) is 1.78. The number of nitrogens with zero attached hydrogens (tertiary/aromatic N) is 3. The molecule has 2 N–H and O–H groups in total. The Morgan fingerprint density at radius 1 is 1.04 bits per heavy atom. The zero-order valence-corrected chi connectivity index (χ0v) is 11.6. The molecule has 0 aliphatic carbocycles. The number of imidazole rings is 1. The van der Waals surface area contributed by atoms with Crippen molar-refractivity contribution in [3.05, 3.63) is 46.8 Å². The molecule has 1 heterocycles. The van der Waals surface area contributed by atoms with Crippen LogP contribution in [0.3, 0.4) is 0 Å². The second-order valence-electron chi connectivity index (χ2n) is 4.67. The molecule has 23 heavy (non-hydrogen) atoms. The molecule has 0 saturated heterocycles. The normalized spacial score (nSPS) is 13.0. The van der Waals surface area contributed by atoms with Crippen molar-refractivity contribution in [3.8, 4) is 0 Å². The predicted molar refractivity (Wildman–Crippen MR) is 70.8 cm³/mol. The average Bonchev–Trinajstić information content (AvgIpc) is 2.72. The van der Waals surface area contributed by atoms with E-state index in [9.17, 15) is 26.3 Å². The minimum absolute atomic E-state index is 0.0400. The second-order valence-corrected chi connectivity index (χ2v) is 4.67. The summed E-state index contributed by atoms with van der Waals surface area (Å²) in [6.07, 6.45) is -7.59. The maximum absolute atomic E-state index is 12.7. The molecular weight excluding hydrogens is 326 g/mol. The first kappa shape index (κ1) is 16.8. The number of rotatable bonds is 2. The summed E-state index contributed by atoms with van der Waals surface area (Å²) in [7, 11) is 0. The molecule has 0 radical (unpaired) electrons. The van der Waals surface area contributed by atoms with E-state index in [1.807, 2.05) is 0 Å². The Morgan fingerprint density at radius 3 is 1.96 bits per heavy atom. The van der Waals surface area contributed by atoms with E-state index in [-0.39, 0.29) is 17.6 Å². The molecule has 0 aliphatic rings. The molecule has 10 heteroatoms. The highest BCUT2D eigenvalue weighted by atomic mass is 19.4. The number of hydrogen-bond acceptors (Lipinski definition) is 3. The minimum Gasteiger partial charge on any atom is -0.368 e. The molecule has 0 bridgehead atoms. The van der Waals surface area contributed by atoms with Crippen LogP contribution in [-0.4, -0.2) is 15.9 Å². The molecule has 124 valence electrons. The molecule has 1 aromatic carbocycles. The van der Waals surface area contributed by atoms with E-state index < -0.39 is 23.5 Å². The maximum atomic E-state index is 12.7. The van der Waals surface area contributed by atoms with Crippen molar-refractivity contribution in [3.63, 3.8) is 0 Å². The van der Waals surface area contributed by atoms with Crippen molar-refractivity contribution in [1.82, 2.24) is 9.66 Å². The Labute approximate surface area is 126 Å². The van der Waals surface area contributed by atoms with Crippen LogP contribution in [0.4, 0.5) is 32.3 Å². The van der Waals surface area contributed by atoms with Crippen molar-refractivity contribution in [1.29, 1.82) is 0 Å². The van der Waals surface area contributed by atoms with Gasteiger partial charge in [-0.3, -0.25) is 0 Å². The molecule has 0 fully saturated rings. The molecule has 0 spiro atoms. The van der Waals surface area contributed by atoms with Gasteiger partial charge in [-0.05, 0) is 30.7 Å². The molecule has 4 nitrogen and oxygen atoms in total. The Morgan fingerprint density at radius 2 is 1.57 bits per heavy atom. The highest BCUT2D eigenvalue weighted by Gasteiger charge is 2.36. The lowest BCUT2D eigenvalue weighted by Crippen LogP contribution is -2.11. The van der Waals surface area contributed by atoms with Gasteiger partial charge in [-0.25, -0.2) is 9.66 Å². The molecule has 0 aliphatic heterocycles. The highest BCUT2D eigenvalue weighted by molar-refractivity contribution is 5.80. The average molecular weight is 336 g/mol. The molecular formula is C13H10F6N4. The maximum Gasteiger partial charge on any atom is 0.416 e. The summed E-state index contributed by atoms with van der Waals surface area (Å²) in [5.74, 6) is -0.0400. The van der Waals surface area contributed by atoms with E-state index in [2.05, 4.69) is 10.1 Å². The smallest absolute Gasteiger partial charge is 0.368 e. The van der Waals surface area contributed by atoms with Crippen LogP contribution >= 0.6 is 0 Å². The summed E-state index contributed by atoms with van der Waals surface area (Å²) in [6.45, 7) is 1.61. The number of hydrogen-bond donors (Lipinski definition) is 1. The SMILES string of the molecule is Cc1cn(N=Cc2cc(C(F)(F)F)cc(C(F)(F)F)c2)c(N)n1. The number of aryl methyl sites for hydroxylation is 1. The van der Waals surface area contributed by atoms with Crippen LogP contribution in [0, 0.1) is 6.92 Å². The molecule has 0 unspecified atom stereocenters. The number of aromatic nitrogens is 2. The zero-order valence-electron chi connectivity index (χ0n) is 11.6. The quantitative estimate of drug-likeness (QED) is 0.672. The van der Waals surface area contributed by atoms with Crippen LogP contribution < -0.4 is 5.73 Å². The van der Waals surface area contributed by atoms with Crippen molar-refractivity contribution in [2.75, 3.05) is 5.73 Å². The highest BCUT2D eigenvalue weighted by Crippen LogP contribution is 2.36. The van der Waals surface area contributed by atoms with E-state index >= 15 is 0 Å². The van der Waals surface area contributed by atoms with Crippen LogP contribution in [0.1, 0.15) is 22.4 Å². The minimum atomic E-state index is -4.91. The van der Waals surface area contributed by atoms with Crippen molar-refractivity contribution < 1.29 is 26.3 Å². The topological polar surface area (TPSA) is 56.2 Å². The largest absolute Gasteiger partial charge is 0.416 e. The molecule has 1 aromatic heterocycles. The van der Waals surface area contributed by atoms with Crippen molar-refractivity contribution >= 4 is 12.2 Å². The standard InChI is InChI=1S/C13H10F6N4/c1-7-6-23(11(20)22-7)21-5-8-2-9(12(14,15)16)4-10(3-8)13(17,18)19/h2-6H,1H3,(H2,20,22). The Balaban J connectivity index is 2.47. The lowest BCUT2D eigenvalue weighted by atomic mass is 10.1. The van der Waals surface area contributed by atoms with Gasteiger partial charge >= 0.3 is 12.4 Å². The summed E-state index contributed by atoms with van der Waals surface area (Å²) < 4.78 is 77.4. The van der Waals surface area contributed by atoms with Crippen molar-refractivity contribution in [2.45, 2.75) is 19.3 Å². The summed E-state index contributed by atoms with van der Waals surface area (Å²) >= 11 is 0. The van der Waals surface area contributed by atoms with Crippen LogP contribution in [0.25, 0.3) is 0 Å². The summed E-state index contributed by atoms with van der Waals surface area (Å²) in [5, 5.41) is 3.71. The third-order valence-corrected chi connectivity index (χ3v) is 2.78.